The number of ether oxygens (including phenoxy) is 1. The Hall–Kier alpha value is -0.0800. The molecule has 1 aliphatic rings. The van der Waals surface area contributed by atoms with Crippen LogP contribution in [-0.4, -0.2) is 25.8 Å². The van der Waals surface area contributed by atoms with Gasteiger partial charge in [0.2, 0.25) is 0 Å². The number of hydrogen-bond acceptors (Lipinski definition) is 2. The van der Waals surface area contributed by atoms with Crippen molar-refractivity contribution in [2.24, 2.45) is 5.92 Å². The molecular formula is C11H23NO. The second-order valence-corrected chi connectivity index (χ2v) is 4.00. The van der Waals surface area contributed by atoms with Crippen molar-refractivity contribution in [3.8, 4) is 0 Å². The Labute approximate surface area is 82.0 Å². The average Bonchev–Trinajstić information content (AvgIpc) is 2.95. The topological polar surface area (TPSA) is 21.3 Å². The molecular weight excluding hydrogens is 162 g/mol. The fourth-order valence-electron chi connectivity index (χ4n) is 1.94. The maximum Gasteiger partial charge on any atom is 0.0724 e. The van der Waals surface area contributed by atoms with Crippen LogP contribution in [-0.2, 0) is 4.74 Å². The molecule has 0 saturated heterocycles. The summed E-state index contributed by atoms with van der Waals surface area (Å²) in [5.41, 5.74) is 0. The van der Waals surface area contributed by atoms with E-state index in [2.05, 4.69) is 19.2 Å². The standard InChI is InChI=1S/C11H23NO/c1-4-8-12-11(9-6-7-9)10(5-2)13-3/h9-12H,4-8H2,1-3H3. The quantitative estimate of drug-likeness (QED) is 0.656. The molecule has 0 aromatic rings. The third kappa shape index (κ3) is 3.28. The first-order chi connectivity index (χ1) is 6.33. The molecule has 1 fully saturated rings. The Bertz CT molecular complexity index is 130. The van der Waals surface area contributed by atoms with Crippen LogP contribution in [0.2, 0.25) is 0 Å². The van der Waals surface area contributed by atoms with E-state index < -0.39 is 0 Å². The monoisotopic (exact) mass is 185 g/mol. The van der Waals surface area contributed by atoms with Crippen LogP contribution in [0.3, 0.4) is 0 Å². The predicted molar refractivity (Wildman–Crippen MR) is 55.9 cm³/mol. The van der Waals surface area contributed by atoms with Crippen molar-refractivity contribution >= 4 is 0 Å². The lowest BCUT2D eigenvalue weighted by atomic mass is 10.0. The van der Waals surface area contributed by atoms with Crippen LogP contribution in [0.4, 0.5) is 0 Å². The summed E-state index contributed by atoms with van der Waals surface area (Å²) in [4.78, 5) is 0. The Morgan fingerprint density at radius 2 is 2.08 bits per heavy atom. The summed E-state index contributed by atoms with van der Waals surface area (Å²) in [5.74, 6) is 0.886. The second-order valence-electron chi connectivity index (χ2n) is 4.00. The minimum Gasteiger partial charge on any atom is -0.380 e. The van der Waals surface area contributed by atoms with Gasteiger partial charge in [0.15, 0.2) is 0 Å². The van der Waals surface area contributed by atoms with E-state index in [0.29, 0.717) is 12.1 Å². The Morgan fingerprint density at radius 1 is 1.38 bits per heavy atom. The molecule has 0 heterocycles. The molecule has 0 amide bonds. The smallest absolute Gasteiger partial charge is 0.0724 e. The van der Waals surface area contributed by atoms with Gasteiger partial charge in [-0.05, 0) is 38.1 Å². The van der Waals surface area contributed by atoms with Gasteiger partial charge in [0.1, 0.15) is 0 Å². The van der Waals surface area contributed by atoms with Crippen molar-refractivity contribution in [1.82, 2.24) is 5.32 Å². The lowest BCUT2D eigenvalue weighted by molar-refractivity contribution is 0.0582. The van der Waals surface area contributed by atoms with E-state index in [-0.39, 0.29) is 0 Å². The summed E-state index contributed by atoms with van der Waals surface area (Å²) >= 11 is 0. The summed E-state index contributed by atoms with van der Waals surface area (Å²) in [6.45, 7) is 5.54. The van der Waals surface area contributed by atoms with Crippen LogP contribution < -0.4 is 5.32 Å². The van der Waals surface area contributed by atoms with E-state index >= 15 is 0 Å². The Morgan fingerprint density at radius 3 is 2.46 bits per heavy atom. The first-order valence-electron chi connectivity index (χ1n) is 5.59. The van der Waals surface area contributed by atoms with Crippen molar-refractivity contribution in [1.29, 1.82) is 0 Å². The van der Waals surface area contributed by atoms with Crippen LogP contribution in [0.25, 0.3) is 0 Å². The summed E-state index contributed by atoms with van der Waals surface area (Å²) in [7, 11) is 1.83. The summed E-state index contributed by atoms with van der Waals surface area (Å²) in [6.07, 6.45) is 5.53. The fraction of sp³-hybridized carbons (Fsp3) is 1.00. The van der Waals surface area contributed by atoms with Crippen molar-refractivity contribution in [2.75, 3.05) is 13.7 Å². The highest BCUT2D eigenvalue weighted by atomic mass is 16.5. The van der Waals surface area contributed by atoms with E-state index in [9.17, 15) is 0 Å². The van der Waals surface area contributed by atoms with E-state index in [1.165, 1.54) is 19.3 Å². The molecule has 2 nitrogen and oxygen atoms in total. The van der Waals surface area contributed by atoms with E-state index in [1.54, 1.807) is 0 Å². The molecule has 0 spiro atoms. The van der Waals surface area contributed by atoms with Gasteiger partial charge in [0, 0.05) is 13.2 Å². The average molecular weight is 185 g/mol. The first-order valence-corrected chi connectivity index (χ1v) is 5.59. The van der Waals surface area contributed by atoms with Gasteiger partial charge < -0.3 is 10.1 Å². The van der Waals surface area contributed by atoms with Crippen molar-refractivity contribution in [3.63, 3.8) is 0 Å². The molecule has 0 radical (unpaired) electrons. The van der Waals surface area contributed by atoms with Gasteiger partial charge in [-0.2, -0.15) is 0 Å². The highest BCUT2D eigenvalue weighted by molar-refractivity contribution is 4.91. The van der Waals surface area contributed by atoms with Crippen molar-refractivity contribution < 1.29 is 4.74 Å². The number of rotatable bonds is 7. The van der Waals surface area contributed by atoms with Crippen LogP contribution in [0.15, 0.2) is 0 Å². The van der Waals surface area contributed by atoms with Gasteiger partial charge in [0.25, 0.3) is 0 Å². The molecule has 2 heteroatoms. The molecule has 13 heavy (non-hydrogen) atoms. The lowest BCUT2D eigenvalue weighted by Crippen LogP contribution is -2.42. The van der Waals surface area contributed by atoms with E-state index in [4.69, 9.17) is 4.74 Å². The third-order valence-electron chi connectivity index (χ3n) is 2.87. The molecule has 1 rings (SSSR count). The van der Waals surface area contributed by atoms with Gasteiger partial charge >= 0.3 is 0 Å². The maximum atomic E-state index is 5.50. The van der Waals surface area contributed by atoms with Gasteiger partial charge in [-0.1, -0.05) is 13.8 Å². The molecule has 2 unspecified atom stereocenters. The lowest BCUT2D eigenvalue weighted by Gasteiger charge is -2.26. The van der Waals surface area contributed by atoms with Crippen molar-refractivity contribution in [3.05, 3.63) is 0 Å². The molecule has 1 aliphatic carbocycles. The minimum atomic E-state index is 0.416. The van der Waals surface area contributed by atoms with Crippen LogP contribution in [0.1, 0.15) is 39.5 Å². The van der Waals surface area contributed by atoms with Gasteiger partial charge in [-0.25, -0.2) is 0 Å². The number of methoxy groups -OCH3 is 1. The highest BCUT2D eigenvalue weighted by Crippen LogP contribution is 2.35. The molecule has 1 saturated carbocycles. The second kappa shape index (κ2) is 5.61. The predicted octanol–water partition coefficient (Wildman–Crippen LogP) is 2.19. The summed E-state index contributed by atoms with van der Waals surface area (Å²) < 4.78 is 5.50. The van der Waals surface area contributed by atoms with Crippen molar-refractivity contribution in [2.45, 2.75) is 51.7 Å². The van der Waals surface area contributed by atoms with E-state index in [0.717, 1.165) is 18.9 Å². The molecule has 0 aromatic carbocycles. The zero-order valence-electron chi connectivity index (χ0n) is 9.18. The van der Waals surface area contributed by atoms with Gasteiger partial charge in [-0.15, -0.1) is 0 Å². The maximum absolute atomic E-state index is 5.50. The number of nitrogens with one attached hydrogen (secondary N) is 1. The molecule has 1 N–H and O–H groups in total. The molecule has 0 aromatic heterocycles. The van der Waals surface area contributed by atoms with Crippen LogP contribution in [0.5, 0.6) is 0 Å². The zero-order chi connectivity index (χ0) is 9.68. The van der Waals surface area contributed by atoms with E-state index in [1.807, 2.05) is 7.11 Å². The minimum absolute atomic E-state index is 0.416. The molecule has 78 valence electrons. The normalized spacial score (nSPS) is 21.5. The summed E-state index contributed by atoms with van der Waals surface area (Å²) in [6, 6.07) is 0.606. The zero-order valence-corrected chi connectivity index (χ0v) is 9.18. The Kier molecular flexibility index (Phi) is 4.74. The SMILES string of the molecule is CCCNC(C1CC1)C(CC)OC. The van der Waals surface area contributed by atoms with Gasteiger partial charge in [-0.3, -0.25) is 0 Å². The first kappa shape index (κ1) is 11.0. The highest BCUT2D eigenvalue weighted by Gasteiger charge is 2.35. The Balaban J connectivity index is 2.34. The molecule has 0 bridgehead atoms. The largest absolute Gasteiger partial charge is 0.380 e. The van der Waals surface area contributed by atoms with Crippen LogP contribution >= 0.6 is 0 Å². The molecule has 2 atom stereocenters. The third-order valence-corrected chi connectivity index (χ3v) is 2.87. The molecule has 0 aliphatic heterocycles. The number of hydrogen-bond donors (Lipinski definition) is 1. The summed E-state index contributed by atoms with van der Waals surface area (Å²) in [5, 5.41) is 3.61. The van der Waals surface area contributed by atoms with Crippen LogP contribution in [0, 0.1) is 5.92 Å². The fourth-order valence-corrected chi connectivity index (χ4v) is 1.94. The van der Waals surface area contributed by atoms with Gasteiger partial charge in [0.05, 0.1) is 6.10 Å².